The smallest absolute Gasteiger partial charge is 0.127 e. The van der Waals surface area contributed by atoms with E-state index in [0.717, 1.165) is 41.7 Å². The van der Waals surface area contributed by atoms with E-state index in [1.54, 1.807) is 0 Å². The Kier molecular flexibility index (Phi) is 2.70. The van der Waals surface area contributed by atoms with E-state index in [9.17, 15) is 5.11 Å². The van der Waals surface area contributed by atoms with Crippen molar-refractivity contribution in [3.8, 4) is 5.75 Å². The van der Waals surface area contributed by atoms with Gasteiger partial charge >= 0.3 is 0 Å². The quantitative estimate of drug-likeness (QED) is 0.796. The van der Waals surface area contributed by atoms with Crippen molar-refractivity contribution < 1.29 is 9.84 Å². The molecule has 1 N–H and O–H groups in total. The third kappa shape index (κ3) is 1.84. The molecule has 4 rings (SSSR count). The highest BCUT2D eigenvalue weighted by atomic mass is 79.9. The van der Waals surface area contributed by atoms with Gasteiger partial charge in [-0.05, 0) is 25.1 Å². The van der Waals surface area contributed by atoms with Crippen molar-refractivity contribution in [3.05, 3.63) is 28.2 Å². The maximum Gasteiger partial charge on any atom is 0.127 e. The fraction of sp³-hybridized carbons (Fsp3) is 0.600. The van der Waals surface area contributed by atoms with Gasteiger partial charge in [-0.15, -0.1) is 0 Å². The minimum absolute atomic E-state index is 0.139. The van der Waals surface area contributed by atoms with E-state index >= 15 is 0 Å². The summed E-state index contributed by atoms with van der Waals surface area (Å²) in [6.07, 6.45) is 2.61. The van der Waals surface area contributed by atoms with E-state index in [-0.39, 0.29) is 11.7 Å². The van der Waals surface area contributed by atoms with Crippen LogP contribution in [0.5, 0.6) is 5.75 Å². The van der Waals surface area contributed by atoms with Gasteiger partial charge in [0.1, 0.15) is 11.4 Å². The number of ether oxygens (including phenoxy) is 1. The number of piperidine rings is 1. The van der Waals surface area contributed by atoms with Crippen LogP contribution >= 0.6 is 15.9 Å². The molecule has 0 aromatic heterocycles. The zero-order valence-electron chi connectivity index (χ0n) is 10.8. The molecule has 4 atom stereocenters. The van der Waals surface area contributed by atoms with Crippen molar-refractivity contribution in [2.24, 2.45) is 5.92 Å². The van der Waals surface area contributed by atoms with E-state index in [1.807, 2.05) is 18.2 Å². The van der Waals surface area contributed by atoms with E-state index in [0.29, 0.717) is 5.92 Å². The summed E-state index contributed by atoms with van der Waals surface area (Å²) in [5.41, 5.74) is 0.800. The second-order valence-electron chi connectivity index (χ2n) is 6.11. The van der Waals surface area contributed by atoms with Gasteiger partial charge in [0.2, 0.25) is 0 Å². The minimum Gasteiger partial charge on any atom is -0.486 e. The Hall–Kier alpha value is -0.580. The summed E-state index contributed by atoms with van der Waals surface area (Å²) in [5.74, 6) is 1.44. The number of fused-ring (bicyclic) bond motifs is 4. The number of halogens is 1. The molecule has 1 aromatic carbocycles. The lowest BCUT2D eigenvalue weighted by Crippen LogP contribution is -2.53. The van der Waals surface area contributed by atoms with Crippen LogP contribution in [0.15, 0.2) is 22.7 Å². The zero-order valence-corrected chi connectivity index (χ0v) is 12.4. The molecule has 0 amide bonds. The molecule has 3 unspecified atom stereocenters. The van der Waals surface area contributed by atoms with Gasteiger partial charge in [-0.3, -0.25) is 0 Å². The van der Waals surface area contributed by atoms with Gasteiger partial charge < -0.3 is 14.7 Å². The first kappa shape index (κ1) is 12.2. The Morgan fingerprint density at radius 1 is 1.37 bits per heavy atom. The molecule has 2 saturated heterocycles. The highest BCUT2D eigenvalue weighted by molar-refractivity contribution is 9.10. The van der Waals surface area contributed by atoms with Crippen molar-refractivity contribution in [1.29, 1.82) is 0 Å². The molecular formula is C15H18BrNO2. The molecule has 4 heteroatoms. The summed E-state index contributed by atoms with van der Waals surface area (Å²) in [7, 11) is 0. The predicted molar refractivity (Wildman–Crippen MR) is 76.2 cm³/mol. The molecule has 3 aliphatic rings. The number of aliphatic hydroxyl groups is 1. The fourth-order valence-electron chi connectivity index (χ4n) is 3.99. The summed E-state index contributed by atoms with van der Waals surface area (Å²) in [6.45, 7) is 3.43. The first-order valence-corrected chi connectivity index (χ1v) is 7.84. The molecule has 0 saturated carbocycles. The fourth-order valence-corrected chi connectivity index (χ4v) is 4.33. The lowest BCUT2D eigenvalue weighted by molar-refractivity contribution is -0.0736. The summed E-state index contributed by atoms with van der Waals surface area (Å²) >= 11 is 3.49. The van der Waals surface area contributed by atoms with Crippen LogP contribution in [-0.4, -0.2) is 35.2 Å². The molecule has 19 heavy (non-hydrogen) atoms. The number of hydrogen-bond acceptors (Lipinski definition) is 3. The molecular weight excluding hydrogens is 306 g/mol. The highest BCUT2D eigenvalue weighted by Crippen LogP contribution is 2.49. The second-order valence-corrected chi connectivity index (χ2v) is 7.02. The van der Waals surface area contributed by atoms with Gasteiger partial charge in [0.05, 0.1) is 6.10 Å². The normalized spacial score (nSPS) is 40.0. The summed E-state index contributed by atoms with van der Waals surface area (Å²) in [4.78, 5) is 2.52. The van der Waals surface area contributed by atoms with E-state index in [2.05, 4.69) is 20.8 Å². The maximum atomic E-state index is 10.5. The number of aliphatic hydroxyl groups excluding tert-OH is 1. The lowest BCUT2D eigenvalue weighted by atomic mass is 9.75. The van der Waals surface area contributed by atoms with Crippen LogP contribution < -0.4 is 4.74 Å². The Morgan fingerprint density at radius 2 is 2.26 bits per heavy atom. The van der Waals surface area contributed by atoms with Gasteiger partial charge in [-0.1, -0.05) is 22.0 Å². The molecule has 1 spiro atoms. The van der Waals surface area contributed by atoms with Crippen molar-refractivity contribution in [2.75, 3.05) is 19.6 Å². The van der Waals surface area contributed by atoms with Gasteiger partial charge in [0.15, 0.2) is 0 Å². The molecule has 2 fully saturated rings. The van der Waals surface area contributed by atoms with Crippen molar-refractivity contribution in [2.45, 2.75) is 31.0 Å². The van der Waals surface area contributed by atoms with E-state index < -0.39 is 0 Å². The van der Waals surface area contributed by atoms with Crippen molar-refractivity contribution in [3.63, 3.8) is 0 Å². The monoisotopic (exact) mass is 323 g/mol. The summed E-state index contributed by atoms with van der Waals surface area (Å²) < 4.78 is 7.44. The Morgan fingerprint density at radius 3 is 3.16 bits per heavy atom. The van der Waals surface area contributed by atoms with Gasteiger partial charge in [-0.2, -0.15) is 0 Å². The van der Waals surface area contributed by atoms with Crippen LogP contribution in [0.4, 0.5) is 0 Å². The van der Waals surface area contributed by atoms with Crippen LogP contribution in [0.25, 0.3) is 0 Å². The molecule has 0 radical (unpaired) electrons. The maximum absolute atomic E-state index is 10.5. The molecule has 3 nitrogen and oxygen atoms in total. The van der Waals surface area contributed by atoms with Gasteiger partial charge in [0, 0.05) is 41.9 Å². The molecule has 2 bridgehead atoms. The van der Waals surface area contributed by atoms with Gasteiger partial charge in [-0.25, -0.2) is 0 Å². The third-order valence-electron chi connectivity index (χ3n) is 5.05. The Bertz CT molecular complexity index is 521. The van der Waals surface area contributed by atoms with Gasteiger partial charge in [0.25, 0.3) is 0 Å². The van der Waals surface area contributed by atoms with Crippen molar-refractivity contribution >= 4 is 15.9 Å². The zero-order chi connectivity index (χ0) is 13.0. The van der Waals surface area contributed by atoms with Crippen LogP contribution in [0.1, 0.15) is 30.9 Å². The number of rotatable bonds is 0. The Labute approximate surface area is 121 Å². The lowest BCUT2D eigenvalue weighted by Gasteiger charge is -2.47. The minimum atomic E-state index is -0.385. The summed E-state index contributed by atoms with van der Waals surface area (Å²) in [6, 6.07) is 5.95. The largest absolute Gasteiger partial charge is 0.486 e. The molecule has 0 aliphatic carbocycles. The molecule has 1 aromatic rings. The standard InChI is InChI=1S/C15H18BrNO2/c16-11-1-2-12-13(18)8-15(19-14(12)7-11)4-6-17-5-3-10(15)9-17/h1-2,7,10,13,18H,3-6,8-9H2/t10?,13-,15?/m1/s1. The van der Waals surface area contributed by atoms with Crippen LogP contribution in [0.2, 0.25) is 0 Å². The Balaban J connectivity index is 1.73. The van der Waals surface area contributed by atoms with Crippen molar-refractivity contribution in [1.82, 2.24) is 4.90 Å². The van der Waals surface area contributed by atoms with E-state index in [4.69, 9.17) is 4.74 Å². The first-order valence-electron chi connectivity index (χ1n) is 7.05. The summed E-state index contributed by atoms with van der Waals surface area (Å²) in [5, 5.41) is 10.5. The topological polar surface area (TPSA) is 32.7 Å². The number of benzene rings is 1. The third-order valence-corrected chi connectivity index (χ3v) is 5.55. The van der Waals surface area contributed by atoms with E-state index in [1.165, 1.54) is 13.0 Å². The molecule has 102 valence electrons. The average molecular weight is 324 g/mol. The number of nitrogens with zero attached hydrogens (tertiary/aromatic N) is 1. The predicted octanol–water partition coefficient (Wildman–Crippen LogP) is 2.73. The second kappa shape index (κ2) is 4.21. The van der Waals surface area contributed by atoms with Crippen LogP contribution in [0.3, 0.4) is 0 Å². The first-order chi connectivity index (χ1) is 9.16. The van der Waals surface area contributed by atoms with Crippen LogP contribution in [-0.2, 0) is 0 Å². The molecule has 3 aliphatic heterocycles. The highest BCUT2D eigenvalue weighted by Gasteiger charge is 2.51. The average Bonchev–Trinajstić information content (AvgIpc) is 2.79. The van der Waals surface area contributed by atoms with Crippen LogP contribution in [0, 0.1) is 5.92 Å². The SMILES string of the molecule is O[C@@H]1CC2(CCN3CCC2C3)Oc2cc(Br)ccc21. The number of hydrogen-bond donors (Lipinski definition) is 1. The molecule has 3 heterocycles.